The number of hydrogen-bond donors (Lipinski definition) is 1. The number of hydrogen-bond acceptors (Lipinski definition) is 4. The van der Waals surface area contributed by atoms with Gasteiger partial charge in [-0.3, -0.25) is 9.59 Å². The maximum Gasteiger partial charge on any atom is 0.313 e. The zero-order valence-corrected chi connectivity index (χ0v) is 13.6. The Labute approximate surface area is 139 Å². The van der Waals surface area contributed by atoms with Crippen LogP contribution in [-0.2, 0) is 4.79 Å². The van der Waals surface area contributed by atoms with Crippen molar-refractivity contribution in [2.75, 3.05) is 12.9 Å². The number of ether oxygens (including phenoxy) is 1. The van der Waals surface area contributed by atoms with Crippen LogP contribution in [0.1, 0.15) is 27.6 Å². The fourth-order valence-corrected chi connectivity index (χ4v) is 3.14. The van der Waals surface area contributed by atoms with E-state index in [1.165, 1.54) is 11.8 Å². The lowest BCUT2D eigenvalue weighted by Crippen LogP contribution is -2.08. The van der Waals surface area contributed by atoms with Crippen molar-refractivity contribution in [3.05, 3.63) is 65.7 Å². The number of aliphatic carboxylic acids is 1. The van der Waals surface area contributed by atoms with Crippen molar-refractivity contribution >= 4 is 23.5 Å². The Morgan fingerprint density at radius 3 is 2.30 bits per heavy atom. The summed E-state index contributed by atoms with van der Waals surface area (Å²) in [5.41, 5.74) is 1.56. The molecule has 2 aromatic carbocycles. The largest absolute Gasteiger partial charge is 0.497 e. The molecule has 120 valence electrons. The van der Waals surface area contributed by atoms with Gasteiger partial charge in [0.15, 0.2) is 5.78 Å². The molecule has 0 saturated carbocycles. The summed E-state index contributed by atoms with van der Waals surface area (Å²) in [6, 6.07) is 16.4. The lowest BCUT2D eigenvalue weighted by atomic mass is 10.0. The molecule has 0 fully saturated rings. The molecule has 2 aromatic rings. The molecule has 0 aliphatic carbocycles. The number of rotatable bonds is 8. The summed E-state index contributed by atoms with van der Waals surface area (Å²) in [6.45, 7) is 0. The first-order valence-electron chi connectivity index (χ1n) is 7.15. The second kappa shape index (κ2) is 8.39. The summed E-state index contributed by atoms with van der Waals surface area (Å²) >= 11 is 1.26. The van der Waals surface area contributed by atoms with E-state index < -0.39 is 5.97 Å². The molecule has 0 saturated heterocycles. The second-order valence-electron chi connectivity index (χ2n) is 4.96. The van der Waals surface area contributed by atoms with E-state index in [0.717, 1.165) is 11.3 Å². The van der Waals surface area contributed by atoms with Gasteiger partial charge in [-0.1, -0.05) is 42.5 Å². The first-order valence-corrected chi connectivity index (χ1v) is 8.20. The van der Waals surface area contributed by atoms with Gasteiger partial charge in [0.25, 0.3) is 0 Å². The van der Waals surface area contributed by atoms with E-state index in [-0.39, 0.29) is 23.2 Å². The minimum absolute atomic E-state index is 0.00399. The number of Topliss-reactive ketones (excluding diaryl/α,β-unsaturated/α-hetero) is 1. The van der Waals surface area contributed by atoms with E-state index in [0.29, 0.717) is 5.56 Å². The first kappa shape index (κ1) is 17.1. The van der Waals surface area contributed by atoms with Crippen molar-refractivity contribution in [3.8, 4) is 5.75 Å². The molecule has 0 aliphatic rings. The smallest absolute Gasteiger partial charge is 0.313 e. The van der Waals surface area contributed by atoms with Crippen LogP contribution < -0.4 is 4.74 Å². The van der Waals surface area contributed by atoms with Gasteiger partial charge in [0.05, 0.1) is 12.9 Å². The Hall–Kier alpha value is -2.27. The summed E-state index contributed by atoms with van der Waals surface area (Å²) in [5.74, 6) is -0.200. The molecule has 0 bridgehead atoms. The Morgan fingerprint density at radius 2 is 1.74 bits per heavy atom. The summed E-state index contributed by atoms with van der Waals surface area (Å²) in [6.07, 6.45) is 0.258. The SMILES string of the molecule is COc1ccc([C@H](CC(=O)c2ccccc2)SCC(=O)O)cc1. The number of thioether (sulfide) groups is 1. The fourth-order valence-electron chi connectivity index (χ4n) is 2.17. The zero-order chi connectivity index (χ0) is 16.7. The first-order chi connectivity index (χ1) is 11.1. The summed E-state index contributed by atoms with van der Waals surface area (Å²) < 4.78 is 5.13. The minimum atomic E-state index is -0.888. The van der Waals surface area contributed by atoms with E-state index in [2.05, 4.69) is 0 Å². The summed E-state index contributed by atoms with van der Waals surface area (Å²) in [4.78, 5) is 23.3. The van der Waals surface area contributed by atoms with E-state index in [1.807, 2.05) is 42.5 Å². The molecule has 0 spiro atoms. The number of carboxylic acid groups (broad SMARTS) is 1. The average Bonchev–Trinajstić information content (AvgIpc) is 2.59. The van der Waals surface area contributed by atoms with Gasteiger partial charge >= 0.3 is 5.97 Å². The van der Waals surface area contributed by atoms with Gasteiger partial charge in [0, 0.05) is 17.2 Å². The van der Waals surface area contributed by atoms with Gasteiger partial charge < -0.3 is 9.84 Å². The van der Waals surface area contributed by atoms with Crippen LogP contribution in [0.3, 0.4) is 0 Å². The van der Waals surface area contributed by atoms with Crippen molar-refractivity contribution in [2.45, 2.75) is 11.7 Å². The van der Waals surface area contributed by atoms with Crippen molar-refractivity contribution in [1.29, 1.82) is 0 Å². The predicted octanol–water partition coefficient (Wildman–Crippen LogP) is 3.83. The number of ketones is 1. The van der Waals surface area contributed by atoms with E-state index in [9.17, 15) is 9.59 Å². The topological polar surface area (TPSA) is 63.6 Å². The highest BCUT2D eigenvalue weighted by Gasteiger charge is 2.19. The molecule has 2 rings (SSSR count). The number of carbonyl (C=O) groups excluding carboxylic acids is 1. The normalized spacial score (nSPS) is 11.7. The molecule has 4 nitrogen and oxygen atoms in total. The second-order valence-corrected chi connectivity index (χ2v) is 6.15. The van der Waals surface area contributed by atoms with Gasteiger partial charge in [-0.25, -0.2) is 0 Å². The van der Waals surface area contributed by atoms with Gasteiger partial charge in [-0.05, 0) is 17.7 Å². The molecule has 1 N–H and O–H groups in total. The fraction of sp³-hybridized carbons (Fsp3) is 0.222. The maximum atomic E-state index is 12.4. The van der Waals surface area contributed by atoms with Crippen molar-refractivity contribution in [1.82, 2.24) is 0 Å². The van der Waals surface area contributed by atoms with Crippen LogP contribution in [0.15, 0.2) is 54.6 Å². The third kappa shape index (κ3) is 5.14. The zero-order valence-electron chi connectivity index (χ0n) is 12.8. The van der Waals surface area contributed by atoms with Crippen LogP contribution in [0.25, 0.3) is 0 Å². The van der Waals surface area contributed by atoms with Crippen LogP contribution in [0, 0.1) is 0 Å². The van der Waals surface area contributed by atoms with Crippen molar-refractivity contribution in [2.24, 2.45) is 0 Å². The van der Waals surface area contributed by atoms with E-state index in [1.54, 1.807) is 19.2 Å². The Kier molecular flexibility index (Phi) is 6.23. The Bertz CT molecular complexity index is 652. The maximum absolute atomic E-state index is 12.4. The summed E-state index contributed by atoms with van der Waals surface area (Å²) in [7, 11) is 1.59. The quantitative estimate of drug-likeness (QED) is 0.745. The van der Waals surface area contributed by atoms with Crippen LogP contribution in [0.5, 0.6) is 5.75 Å². The highest BCUT2D eigenvalue weighted by atomic mass is 32.2. The minimum Gasteiger partial charge on any atom is -0.497 e. The molecule has 0 aromatic heterocycles. The van der Waals surface area contributed by atoms with Gasteiger partial charge in [0.1, 0.15) is 5.75 Å². The van der Waals surface area contributed by atoms with Crippen molar-refractivity contribution < 1.29 is 19.4 Å². The van der Waals surface area contributed by atoms with Crippen LogP contribution >= 0.6 is 11.8 Å². The number of methoxy groups -OCH3 is 1. The highest BCUT2D eigenvalue weighted by molar-refractivity contribution is 8.00. The summed E-state index contributed by atoms with van der Waals surface area (Å²) in [5, 5.41) is 8.71. The standard InChI is InChI=1S/C18H18O4S/c1-22-15-9-7-14(8-10-15)17(23-12-18(20)21)11-16(19)13-5-3-2-4-6-13/h2-10,17H,11-12H2,1H3,(H,20,21)/t17-/m0/s1. The van der Waals surface area contributed by atoms with E-state index >= 15 is 0 Å². The lowest BCUT2D eigenvalue weighted by Gasteiger charge is -2.16. The molecule has 1 atom stereocenters. The van der Waals surface area contributed by atoms with Crippen LogP contribution in [-0.4, -0.2) is 29.7 Å². The molecular weight excluding hydrogens is 312 g/mol. The predicted molar refractivity (Wildman–Crippen MR) is 91.2 cm³/mol. The van der Waals surface area contributed by atoms with Crippen LogP contribution in [0.2, 0.25) is 0 Å². The molecule has 23 heavy (non-hydrogen) atoms. The Morgan fingerprint density at radius 1 is 1.09 bits per heavy atom. The van der Waals surface area contributed by atoms with Crippen molar-refractivity contribution in [3.63, 3.8) is 0 Å². The number of carboxylic acids is 1. The number of benzene rings is 2. The third-order valence-corrected chi connectivity index (χ3v) is 4.62. The Balaban J connectivity index is 2.15. The molecule has 0 radical (unpaired) electrons. The molecule has 0 unspecified atom stereocenters. The van der Waals surface area contributed by atoms with E-state index in [4.69, 9.17) is 9.84 Å². The van der Waals surface area contributed by atoms with Gasteiger partial charge in [-0.2, -0.15) is 0 Å². The molecule has 5 heteroatoms. The third-order valence-electron chi connectivity index (χ3n) is 3.36. The average molecular weight is 330 g/mol. The van der Waals surface area contributed by atoms with Gasteiger partial charge in [-0.15, -0.1) is 11.8 Å². The number of carbonyl (C=O) groups is 2. The molecule has 0 amide bonds. The van der Waals surface area contributed by atoms with Crippen LogP contribution in [0.4, 0.5) is 0 Å². The van der Waals surface area contributed by atoms with Gasteiger partial charge in [0.2, 0.25) is 0 Å². The lowest BCUT2D eigenvalue weighted by molar-refractivity contribution is -0.133. The monoisotopic (exact) mass is 330 g/mol. The molecule has 0 aliphatic heterocycles. The molecular formula is C18H18O4S. The molecule has 0 heterocycles. The highest BCUT2D eigenvalue weighted by Crippen LogP contribution is 2.34.